The molecule has 0 atom stereocenters. The first-order valence-corrected chi connectivity index (χ1v) is 5.95. The van der Waals surface area contributed by atoms with E-state index in [0.29, 0.717) is 11.0 Å². The minimum atomic E-state index is -4.34. The van der Waals surface area contributed by atoms with Crippen molar-refractivity contribution >= 4 is 10.1 Å². The summed E-state index contributed by atoms with van der Waals surface area (Å²) in [6.45, 7) is 0.684. The maximum Gasteiger partial charge on any atom is 0.124 e. The molecular formula is C10H15NO3S. The molecule has 0 saturated heterocycles. The van der Waals surface area contributed by atoms with Crippen molar-refractivity contribution in [3.63, 3.8) is 0 Å². The molecule has 0 N–H and O–H groups in total. The first-order chi connectivity index (χ1) is 6.68. The van der Waals surface area contributed by atoms with Crippen molar-refractivity contribution in [1.82, 2.24) is 0 Å². The van der Waals surface area contributed by atoms with Gasteiger partial charge in [-0.15, -0.1) is 0 Å². The second kappa shape index (κ2) is 3.92. The molecule has 0 bridgehead atoms. The van der Waals surface area contributed by atoms with Crippen LogP contribution in [0.4, 0.5) is 0 Å². The zero-order chi connectivity index (χ0) is 11.7. The van der Waals surface area contributed by atoms with Gasteiger partial charge in [-0.1, -0.05) is 12.1 Å². The summed E-state index contributed by atoms with van der Waals surface area (Å²) in [4.78, 5) is -0.159. The summed E-state index contributed by atoms with van der Waals surface area (Å²) < 4.78 is 33.1. The summed E-state index contributed by atoms with van der Waals surface area (Å²) in [5.74, 6) is 0. The van der Waals surface area contributed by atoms with E-state index in [2.05, 4.69) is 0 Å². The van der Waals surface area contributed by atoms with E-state index in [1.165, 1.54) is 12.1 Å². The number of benzene rings is 1. The Morgan fingerprint density at radius 3 is 2.33 bits per heavy atom. The van der Waals surface area contributed by atoms with Crippen molar-refractivity contribution in [1.29, 1.82) is 0 Å². The van der Waals surface area contributed by atoms with Gasteiger partial charge in [0.25, 0.3) is 0 Å². The van der Waals surface area contributed by atoms with Gasteiger partial charge in [0.2, 0.25) is 0 Å². The maximum atomic E-state index is 10.8. The fraction of sp³-hybridized carbons (Fsp3) is 0.400. The molecule has 0 spiro atoms. The lowest BCUT2D eigenvalue weighted by Crippen LogP contribution is -2.33. The van der Waals surface area contributed by atoms with Crippen molar-refractivity contribution in [3.8, 4) is 0 Å². The van der Waals surface area contributed by atoms with E-state index in [1.807, 2.05) is 27.2 Å². The summed E-state index contributed by atoms with van der Waals surface area (Å²) in [5.41, 5.74) is 0.847. The van der Waals surface area contributed by atoms with Crippen LogP contribution in [-0.4, -0.2) is 38.6 Å². The smallest absolute Gasteiger partial charge is 0.124 e. The summed E-state index contributed by atoms with van der Waals surface area (Å²) in [7, 11) is 1.66. The van der Waals surface area contributed by atoms with Crippen LogP contribution in [0.2, 0.25) is 0 Å². The van der Waals surface area contributed by atoms with Crippen molar-refractivity contribution < 1.29 is 17.5 Å². The van der Waals surface area contributed by atoms with Crippen LogP contribution in [0.25, 0.3) is 0 Å². The zero-order valence-electron chi connectivity index (χ0n) is 9.10. The number of rotatable bonds is 3. The Bertz CT molecular complexity index is 446. The summed E-state index contributed by atoms with van der Waals surface area (Å²) in [6, 6.07) is 6.17. The molecule has 0 aromatic heterocycles. The van der Waals surface area contributed by atoms with Crippen molar-refractivity contribution in [3.05, 3.63) is 29.8 Å². The van der Waals surface area contributed by atoms with Crippen LogP contribution in [0, 0.1) is 0 Å². The molecule has 0 unspecified atom stereocenters. The van der Waals surface area contributed by atoms with Gasteiger partial charge in [0.05, 0.1) is 26.0 Å². The second-order valence-corrected chi connectivity index (χ2v) is 5.93. The lowest BCUT2D eigenvalue weighted by atomic mass is 10.2. The number of hydrogen-bond acceptors (Lipinski definition) is 3. The molecule has 0 heterocycles. The molecule has 0 saturated carbocycles. The normalized spacial score (nSPS) is 12.8. The van der Waals surface area contributed by atoms with Gasteiger partial charge in [0.15, 0.2) is 0 Å². The predicted molar refractivity (Wildman–Crippen MR) is 56.1 cm³/mol. The van der Waals surface area contributed by atoms with E-state index >= 15 is 0 Å². The highest BCUT2D eigenvalue weighted by atomic mass is 32.2. The Kier molecular flexibility index (Phi) is 3.18. The third-order valence-electron chi connectivity index (χ3n) is 1.84. The molecule has 1 aromatic rings. The van der Waals surface area contributed by atoms with Crippen LogP contribution in [0.5, 0.6) is 0 Å². The van der Waals surface area contributed by atoms with Crippen LogP contribution in [-0.2, 0) is 16.7 Å². The maximum absolute atomic E-state index is 10.8. The van der Waals surface area contributed by atoms with Gasteiger partial charge in [-0.25, -0.2) is 8.42 Å². The highest BCUT2D eigenvalue weighted by Gasteiger charge is 2.10. The van der Waals surface area contributed by atoms with Crippen LogP contribution < -0.4 is 0 Å². The summed E-state index contributed by atoms with van der Waals surface area (Å²) in [5, 5.41) is 0. The van der Waals surface area contributed by atoms with Crippen LogP contribution in [0.1, 0.15) is 5.56 Å². The lowest BCUT2D eigenvalue weighted by Gasteiger charge is -2.24. The molecule has 1 aromatic carbocycles. The van der Waals surface area contributed by atoms with Gasteiger partial charge >= 0.3 is 0 Å². The largest absolute Gasteiger partial charge is 0.744 e. The zero-order valence-corrected chi connectivity index (χ0v) is 9.91. The lowest BCUT2D eigenvalue weighted by molar-refractivity contribution is -0.884. The highest BCUT2D eigenvalue weighted by molar-refractivity contribution is 7.85. The molecule has 0 aliphatic carbocycles. The van der Waals surface area contributed by atoms with Crippen molar-refractivity contribution in [2.45, 2.75) is 11.4 Å². The predicted octanol–water partition coefficient (Wildman–Crippen LogP) is 0.797. The molecule has 0 amide bonds. The van der Waals surface area contributed by atoms with Gasteiger partial charge in [0, 0.05) is 5.56 Å². The fourth-order valence-corrected chi connectivity index (χ4v) is 1.89. The highest BCUT2D eigenvalue weighted by Crippen LogP contribution is 2.13. The topological polar surface area (TPSA) is 57.2 Å². The Morgan fingerprint density at radius 2 is 1.87 bits per heavy atom. The van der Waals surface area contributed by atoms with E-state index in [1.54, 1.807) is 6.07 Å². The van der Waals surface area contributed by atoms with Gasteiger partial charge in [0.1, 0.15) is 16.7 Å². The molecule has 84 valence electrons. The van der Waals surface area contributed by atoms with Gasteiger partial charge < -0.3 is 9.04 Å². The van der Waals surface area contributed by atoms with Gasteiger partial charge in [-0.2, -0.15) is 0 Å². The van der Waals surface area contributed by atoms with Gasteiger partial charge in [-0.05, 0) is 12.1 Å². The minimum Gasteiger partial charge on any atom is -0.744 e. The average molecular weight is 229 g/mol. The first-order valence-electron chi connectivity index (χ1n) is 4.54. The Morgan fingerprint density at radius 1 is 1.27 bits per heavy atom. The van der Waals surface area contributed by atoms with E-state index in [0.717, 1.165) is 5.56 Å². The number of nitrogens with zero attached hydrogens (tertiary/aromatic N) is 1. The molecule has 0 aliphatic heterocycles. The fourth-order valence-electron chi connectivity index (χ4n) is 1.35. The Balaban J connectivity index is 3.04. The Labute approximate surface area is 90.5 Å². The molecule has 0 aliphatic rings. The average Bonchev–Trinajstić information content (AvgIpc) is 1.99. The molecular weight excluding hydrogens is 214 g/mol. The molecule has 1 rings (SSSR count). The quantitative estimate of drug-likeness (QED) is 0.569. The van der Waals surface area contributed by atoms with Crippen LogP contribution in [0.3, 0.4) is 0 Å². The summed E-state index contributed by atoms with van der Waals surface area (Å²) in [6.07, 6.45) is 0. The van der Waals surface area contributed by atoms with E-state index in [-0.39, 0.29) is 4.90 Å². The number of hydrogen-bond donors (Lipinski definition) is 0. The van der Waals surface area contributed by atoms with E-state index < -0.39 is 10.1 Å². The molecule has 4 nitrogen and oxygen atoms in total. The molecule has 5 heteroatoms. The van der Waals surface area contributed by atoms with Crippen molar-refractivity contribution in [2.24, 2.45) is 0 Å². The Hall–Kier alpha value is -0.910. The standard InChI is InChI=1S/C10H15NO3S/c1-11(2,3)8-9-5-4-6-10(7-9)15(12,13)14/h4-7H,8H2,1-3H3. The minimum absolute atomic E-state index is 0.159. The molecule has 15 heavy (non-hydrogen) atoms. The number of quaternary nitrogens is 1. The third kappa shape index (κ3) is 3.99. The second-order valence-electron chi connectivity index (χ2n) is 4.55. The van der Waals surface area contributed by atoms with Gasteiger partial charge in [-0.3, -0.25) is 0 Å². The monoisotopic (exact) mass is 229 g/mol. The SMILES string of the molecule is C[N+](C)(C)Cc1cccc(S(=O)(=O)[O-])c1. The summed E-state index contributed by atoms with van der Waals surface area (Å²) >= 11 is 0. The van der Waals surface area contributed by atoms with Crippen LogP contribution in [0.15, 0.2) is 29.2 Å². The van der Waals surface area contributed by atoms with Crippen LogP contribution >= 0.6 is 0 Å². The molecule has 0 radical (unpaired) electrons. The van der Waals surface area contributed by atoms with E-state index in [4.69, 9.17) is 0 Å². The third-order valence-corrected chi connectivity index (χ3v) is 2.68. The van der Waals surface area contributed by atoms with E-state index in [9.17, 15) is 13.0 Å². The molecule has 0 fully saturated rings. The van der Waals surface area contributed by atoms with Crippen molar-refractivity contribution in [2.75, 3.05) is 21.1 Å². The first kappa shape index (κ1) is 12.2.